The lowest BCUT2D eigenvalue weighted by atomic mass is 9.70. The second kappa shape index (κ2) is 4.86. The van der Waals surface area contributed by atoms with Gasteiger partial charge in [0.15, 0.2) is 0 Å². The molecule has 0 radical (unpaired) electrons. The highest BCUT2D eigenvalue weighted by atomic mass is 14.9. The summed E-state index contributed by atoms with van der Waals surface area (Å²) in [5, 5.41) is 3.87. The van der Waals surface area contributed by atoms with Crippen LogP contribution in [0.4, 0.5) is 0 Å². The van der Waals surface area contributed by atoms with E-state index in [0.717, 1.165) is 12.0 Å². The fourth-order valence-electron chi connectivity index (χ4n) is 3.30. The first-order chi connectivity index (χ1) is 7.23. The van der Waals surface area contributed by atoms with Gasteiger partial charge in [0.25, 0.3) is 0 Å². The summed E-state index contributed by atoms with van der Waals surface area (Å²) in [4.78, 5) is 0. The molecule has 2 fully saturated rings. The molecule has 2 unspecified atom stereocenters. The zero-order valence-electron chi connectivity index (χ0n) is 10.5. The van der Waals surface area contributed by atoms with Gasteiger partial charge in [0.1, 0.15) is 0 Å². The Labute approximate surface area is 95.0 Å². The van der Waals surface area contributed by atoms with Crippen molar-refractivity contribution in [2.45, 2.75) is 71.3 Å². The van der Waals surface area contributed by atoms with E-state index in [-0.39, 0.29) is 0 Å². The van der Waals surface area contributed by atoms with Crippen LogP contribution < -0.4 is 5.32 Å². The quantitative estimate of drug-likeness (QED) is 0.744. The average Bonchev–Trinajstić information content (AvgIpc) is 2.24. The summed E-state index contributed by atoms with van der Waals surface area (Å²) in [6.07, 6.45) is 11.5. The van der Waals surface area contributed by atoms with E-state index in [1.807, 2.05) is 0 Å². The molecule has 1 nitrogen and oxygen atoms in total. The Kier molecular flexibility index (Phi) is 3.71. The van der Waals surface area contributed by atoms with Crippen LogP contribution in [0, 0.1) is 11.3 Å². The Morgan fingerprint density at radius 2 is 1.87 bits per heavy atom. The maximum atomic E-state index is 3.87. The van der Waals surface area contributed by atoms with Crippen molar-refractivity contribution in [3.8, 4) is 0 Å². The Balaban J connectivity index is 1.76. The summed E-state index contributed by atoms with van der Waals surface area (Å²) in [6, 6.07) is 0.834. The van der Waals surface area contributed by atoms with Gasteiger partial charge in [0, 0.05) is 12.6 Å². The number of rotatable bonds is 4. The molecule has 2 atom stereocenters. The molecule has 1 N–H and O–H groups in total. The maximum absolute atomic E-state index is 3.87. The van der Waals surface area contributed by atoms with Crippen LogP contribution in [0.5, 0.6) is 0 Å². The third kappa shape index (κ3) is 2.75. The molecular formula is C14H27N. The predicted molar refractivity (Wildman–Crippen MR) is 66.0 cm³/mol. The highest BCUT2D eigenvalue weighted by Gasteiger charge is 2.33. The molecule has 2 saturated carbocycles. The van der Waals surface area contributed by atoms with E-state index in [1.54, 1.807) is 0 Å². The van der Waals surface area contributed by atoms with Gasteiger partial charge in [-0.15, -0.1) is 0 Å². The van der Waals surface area contributed by atoms with Crippen molar-refractivity contribution in [2.24, 2.45) is 11.3 Å². The van der Waals surface area contributed by atoms with Crippen LogP contribution >= 0.6 is 0 Å². The number of hydrogen-bond donors (Lipinski definition) is 1. The molecule has 0 aliphatic heterocycles. The normalized spacial score (nSPS) is 34.8. The third-order valence-electron chi connectivity index (χ3n) is 4.79. The first-order valence-corrected chi connectivity index (χ1v) is 6.97. The molecule has 0 bridgehead atoms. The van der Waals surface area contributed by atoms with Crippen LogP contribution in [0.2, 0.25) is 0 Å². The number of nitrogens with one attached hydrogen (secondary N) is 1. The lowest BCUT2D eigenvalue weighted by Crippen LogP contribution is -2.45. The highest BCUT2D eigenvalue weighted by molar-refractivity contribution is 4.88. The third-order valence-corrected chi connectivity index (χ3v) is 4.79. The predicted octanol–water partition coefficient (Wildman–Crippen LogP) is 3.74. The van der Waals surface area contributed by atoms with Gasteiger partial charge in [0.05, 0.1) is 0 Å². The molecule has 2 rings (SSSR count). The van der Waals surface area contributed by atoms with E-state index < -0.39 is 0 Å². The highest BCUT2D eigenvalue weighted by Crippen LogP contribution is 2.40. The molecule has 2 aliphatic rings. The van der Waals surface area contributed by atoms with Gasteiger partial charge >= 0.3 is 0 Å². The number of hydrogen-bond acceptors (Lipinski definition) is 1. The summed E-state index contributed by atoms with van der Waals surface area (Å²) in [5.74, 6) is 0.961. The van der Waals surface area contributed by atoms with Crippen LogP contribution in [-0.2, 0) is 0 Å². The molecule has 0 saturated heterocycles. The van der Waals surface area contributed by atoms with Gasteiger partial charge in [-0.05, 0) is 37.0 Å². The Bertz CT molecular complexity index is 196. The van der Waals surface area contributed by atoms with Crippen molar-refractivity contribution in [1.82, 2.24) is 5.32 Å². The van der Waals surface area contributed by atoms with E-state index in [1.165, 1.54) is 57.9 Å². The summed E-state index contributed by atoms with van der Waals surface area (Å²) in [7, 11) is 0. The minimum absolute atomic E-state index is 0.649. The fraction of sp³-hybridized carbons (Fsp3) is 1.00. The first-order valence-electron chi connectivity index (χ1n) is 6.97. The average molecular weight is 209 g/mol. The van der Waals surface area contributed by atoms with Crippen molar-refractivity contribution < 1.29 is 0 Å². The molecular weight excluding hydrogens is 182 g/mol. The molecule has 0 aromatic heterocycles. The summed E-state index contributed by atoms with van der Waals surface area (Å²) >= 11 is 0. The second-order valence-corrected chi connectivity index (χ2v) is 6.10. The van der Waals surface area contributed by atoms with E-state index in [9.17, 15) is 0 Å². The van der Waals surface area contributed by atoms with Crippen molar-refractivity contribution in [1.29, 1.82) is 0 Å². The fourth-order valence-corrected chi connectivity index (χ4v) is 3.30. The molecule has 15 heavy (non-hydrogen) atoms. The first kappa shape index (κ1) is 11.4. The molecule has 2 aliphatic carbocycles. The van der Waals surface area contributed by atoms with Crippen LogP contribution in [-0.4, -0.2) is 12.6 Å². The van der Waals surface area contributed by atoms with Crippen molar-refractivity contribution in [3.63, 3.8) is 0 Å². The van der Waals surface area contributed by atoms with E-state index >= 15 is 0 Å². The van der Waals surface area contributed by atoms with E-state index in [4.69, 9.17) is 0 Å². The molecule has 0 heterocycles. The van der Waals surface area contributed by atoms with Crippen molar-refractivity contribution in [3.05, 3.63) is 0 Å². The van der Waals surface area contributed by atoms with Crippen LogP contribution in [0.15, 0.2) is 0 Å². The van der Waals surface area contributed by atoms with Gasteiger partial charge in [-0.25, -0.2) is 0 Å². The van der Waals surface area contributed by atoms with E-state index in [2.05, 4.69) is 19.2 Å². The lowest BCUT2D eigenvalue weighted by molar-refractivity contribution is 0.134. The molecule has 0 aromatic rings. The van der Waals surface area contributed by atoms with Gasteiger partial charge in [0.2, 0.25) is 0 Å². The lowest BCUT2D eigenvalue weighted by Gasteiger charge is -2.41. The van der Waals surface area contributed by atoms with Crippen molar-refractivity contribution >= 4 is 0 Å². The summed E-state index contributed by atoms with van der Waals surface area (Å²) in [5.41, 5.74) is 0.649. The Hall–Kier alpha value is -0.0400. The standard InChI is InChI=1S/C14H27N/c1-3-12-7-4-5-8-13(12)15-11-14(2)9-6-10-14/h12-13,15H,3-11H2,1-2H3. The SMILES string of the molecule is CCC1CCCCC1NCC1(C)CCC1. The Morgan fingerprint density at radius 3 is 2.47 bits per heavy atom. The molecule has 0 spiro atoms. The van der Waals surface area contributed by atoms with Gasteiger partial charge < -0.3 is 5.32 Å². The smallest absolute Gasteiger partial charge is 0.00954 e. The minimum atomic E-state index is 0.649. The monoisotopic (exact) mass is 209 g/mol. The topological polar surface area (TPSA) is 12.0 Å². The van der Waals surface area contributed by atoms with E-state index in [0.29, 0.717) is 5.41 Å². The largest absolute Gasteiger partial charge is 0.313 e. The zero-order valence-corrected chi connectivity index (χ0v) is 10.5. The summed E-state index contributed by atoms with van der Waals surface area (Å²) < 4.78 is 0. The Morgan fingerprint density at radius 1 is 1.13 bits per heavy atom. The van der Waals surface area contributed by atoms with Crippen LogP contribution in [0.1, 0.15) is 65.2 Å². The van der Waals surface area contributed by atoms with Crippen molar-refractivity contribution in [2.75, 3.05) is 6.54 Å². The van der Waals surface area contributed by atoms with Gasteiger partial charge in [-0.3, -0.25) is 0 Å². The zero-order chi connectivity index (χ0) is 10.7. The second-order valence-electron chi connectivity index (χ2n) is 6.10. The molecule has 0 amide bonds. The van der Waals surface area contributed by atoms with Crippen LogP contribution in [0.25, 0.3) is 0 Å². The van der Waals surface area contributed by atoms with Crippen LogP contribution in [0.3, 0.4) is 0 Å². The minimum Gasteiger partial charge on any atom is -0.313 e. The molecule has 1 heteroatoms. The maximum Gasteiger partial charge on any atom is 0.00954 e. The summed E-state index contributed by atoms with van der Waals surface area (Å²) in [6.45, 7) is 6.08. The van der Waals surface area contributed by atoms with Gasteiger partial charge in [-0.1, -0.05) is 39.5 Å². The van der Waals surface area contributed by atoms with Gasteiger partial charge in [-0.2, -0.15) is 0 Å². The molecule has 0 aromatic carbocycles. The molecule has 88 valence electrons.